The summed E-state index contributed by atoms with van der Waals surface area (Å²) in [5.74, 6) is -0.0603. The van der Waals surface area contributed by atoms with Crippen LogP contribution in [0.3, 0.4) is 0 Å². The molecule has 0 bridgehead atoms. The zero-order valence-electron chi connectivity index (χ0n) is 9.20. The minimum atomic E-state index is -0.0603. The summed E-state index contributed by atoms with van der Waals surface area (Å²) < 4.78 is 5.46. The molecule has 15 heavy (non-hydrogen) atoms. The van der Waals surface area contributed by atoms with E-state index in [1.54, 1.807) is 0 Å². The van der Waals surface area contributed by atoms with Crippen LogP contribution in [0.25, 0.3) is 0 Å². The Morgan fingerprint density at radius 2 is 2.13 bits per heavy atom. The summed E-state index contributed by atoms with van der Waals surface area (Å²) in [6.07, 6.45) is 4.95. The highest BCUT2D eigenvalue weighted by molar-refractivity contribution is 5.85. The van der Waals surface area contributed by atoms with Gasteiger partial charge in [-0.1, -0.05) is 12.8 Å². The van der Waals surface area contributed by atoms with Crippen LogP contribution < -0.4 is 11.1 Å². The minimum absolute atomic E-state index is 0. The molecule has 5 heteroatoms. The molecule has 0 aliphatic heterocycles. The molecular formula is C10H21ClN2O2. The van der Waals surface area contributed by atoms with Gasteiger partial charge >= 0.3 is 0 Å². The van der Waals surface area contributed by atoms with Crippen molar-refractivity contribution < 1.29 is 9.53 Å². The normalized spacial score (nSPS) is 18.3. The molecule has 1 fully saturated rings. The summed E-state index contributed by atoms with van der Waals surface area (Å²) in [5.41, 5.74) is 5.38. The Bertz CT molecular complexity index is 184. The van der Waals surface area contributed by atoms with Crippen molar-refractivity contribution in [2.75, 3.05) is 13.2 Å². The maximum atomic E-state index is 11.3. The molecule has 0 aromatic heterocycles. The summed E-state index contributed by atoms with van der Waals surface area (Å²) >= 11 is 0. The van der Waals surface area contributed by atoms with Crippen LogP contribution in [0.2, 0.25) is 0 Å². The quantitative estimate of drug-likeness (QED) is 0.743. The van der Waals surface area contributed by atoms with Crippen LogP contribution in [0.5, 0.6) is 0 Å². The van der Waals surface area contributed by atoms with Gasteiger partial charge < -0.3 is 15.8 Å². The second kappa shape index (κ2) is 7.91. The second-order valence-electron chi connectivity index (χ2n) is 3.92. The molecule has 4 nitrogen and oxygen atoms in total. The molecule has 0 heterocycles. The number of carbonyl (C=O) groups is 1. The number of nitrogens with one attached hydrogen (secondary N) is 1. The van der Waals surface area contributed by atoms with Crippen molar-refractivity contribution in [1.29, 1.82) is 0 Å². The van der Waals surface area contributed by atoms with Gasteiger partial charge in [-0.15, -0.1) is 12.4 Å². The van der Waals surface area contributed by atoms with Crippen LogP contribution in [0.15, 0.2) is 0 Å². The Kier molecular flexibility index (Phi) is 7.74. The van der Waals surface area contributed by atoms with Gasteiger partial charge in [0.2, 0.25) is 5.91 Å². The number of halogens is 1. The molecule has 0 saturated heterocycles. The Morgan fingerprint density at radius 3 is 2.67 bits per heavy atom. The highest BCUT2D eigenvalue weighted by atomic mass is 35.5. The molecule has 3 N–H and O–H groups in total. The smallest absolute Gasteiger partial charge is 0.246 e. The first kappa shape index (κ1) is 14.7. The fourth-order valence-corrected chi connectivity index (χ4v) is 1.62. The predicted molar refractivity (Wildman–Crippen MR) is 62.1 cm³/mol. The number of hydrogen-bond donors (Lipinski definition) is 2. The molecule has 0 radical (unpaired) electrons. The molecule has 0 spiro atoms. The van der Waals surface area contributed by atoms with Gasteiger partial charge in [-0.3, -0.25) is 4.79 Å². The van der Waals surface area contributed by atoms with Crippen molar-refractivity contribution in [3.8, 4) is 0 Å². The summed E-state index contributed by atoms with van der Waals surface area (Å²) in [5, 5.41) is 2.76. The molecule has 90 valence electrons. The van der Waals surface area contributed by atoms with E-state index in [9.17, 15) is 4.79 Å². The number of amides is 1. The van der Waals surface area contributed by atoms with Crippen LogP contribution in [-0.4, -0.2) is 31.2 Å². The first-order chi connectivity index (χ1) is 6.72. The monoisotopic (exact) mass is 236 g/mol. The SMILES string of the molecule is C[C@H](CN)NC(=O)COC1CCCC1.Cl. The van der Waals surface area contributed by atoms with E-state index in [1.807, 2.05) is 6.92 Å². The van der Waals surface area contributed by atoms with E-state index < -0.39 is 0 Å². The first-order valence-corrected chi connectivity index (χ1v) is 5.33. The Morgan fingerprint density at radius 1 is 1.53 bits per heavy atom. The molecule has 0 aromatic carbocycles. The third-order valence-electron chi connectivity index (χ3n) is 2.51. The lowest BCUT2D eigenvalue weighted by molar-refractivity contribution is -0.128. The minimum Gasteiger partial charge on any atom is -0.368 e. The van der Waals surface area contributed by atoms with Gasteiger partial charge in [-0.05, 0) is 19.8 Å². The summed E-state index contributed by atoms with van der Waals surface area (Å²) in [7, 11) is 0. The van der Waals surface area contributed by atoms with Crippen molar-refractivity contribution in [2.24, 2.45) is 5.73 Å². The maximum absolute atomic E-state index is 11.3. The van der Waals surface area contributed by atoms with E-state index >= 15 is 0 Å². The fourth-order valence-electron chi connectivity index (χ4n) is 1.62. The van der Waals surface area contributed by atoms with Crippen molar-refractivity contribution >= 4 is 18.3 Å². The molecule has 0 unspecified atom stereocenters. The molecular weight excluding hydrogens is 216 g/mol. The van der Waals surface area contributed by atoms with Gasteiger partial charge in [0.1, 0.15) is 6.61 Å². The van der Waals surface area contributed by atoms with E-state index in [-0.39, 0.29) is 31.0 Å². The summed E-state index contributed by atoms with van der Waals surface area (Å²) in [6.45, 7) is 2.53. The van der Waals surface area contributed by atoms with E-state index in [0.29, 0.717) is 12.6 Å². The lowest BCUT2D eigenvalue weighted by Crippen LogP contribution is -2.40. The number of carbonyl (C=O) groups excluding carboxylic acids is 1. The first-order valence-electron chi connectivity index (χ1n) is 5.33. The molecule has 1 atom stereocenters. The number of ether oxygens (including phenoxy) is 1. The zero-order chi connectivity index (χ0) is 10.4. The molecule has 1 rings (SSSR count). The molecule has 0 aromatic rings. The topological polar surface area (TPSA) is 64.3 Å². The van der Waals surface area contributed by atoms with E-state index in [2.05, 4.69) is 5.32 Å². The van der Waals surface area contributed by atoms with Crippen molar-refractivity contribution in [1.82, 2.24) is 5.32 Å². The Hall–Kier alpha value is -0.320. The average molecular weight is 237 g/mol. The van der Waals surface area contributed by atoms with Gasteiger partial charge in [0.05, 0.1) is 6.10 Å². The molecule has 1 aliphatic rings. The third kappa shape index (κ3) is 5.97. The number of hydrogen-bond acceptors (Lipinski definition) is 3. The summed E-state index contributed by atoms with van der Waals surface area (Å²) in [6, 6.07) is 0.0367. The van der Waals surface area contributed by atoms with Gasteiger partial charge in [0.25, 0.3) is 0 Å². The molecule has 1 amide bonds. The molecule has 1 saturated carbocycles. The third-order valence-corrected chi connectivity index (χ3v) is 2.51. The fraction of sp³-hybridized carbons (Fsp3) is 0.900. The van der Waals surface area contributed by atoms with E-state index in [0.717, 1.165) is 12.8 Å². The van der Waals surface area contributed by atoms with Crippen LogP contribution in [0, 0.1) is 0 Å². The van der Waals surface area contributed by atoms with Crippen LogP contribution in [0.4, 0.5) is 0 Å². The molecule has 1 aliphatic carbocycles. The lowest BCUT2D eigenvalue weighted by atomic mass is 10.3. The predicted octanol–water partition coefficient (Wildman–Crippen LogP) is 0.831. The Labute approximate surface area is 97.3 Å². The summed E-state index contributed by atoms with van der Waals surface area (Å²) in [4.78, 5) is 11.3. The van der Waals surface area contributed by atoms with Crippen LogP contribution in [-0.2, 0) is 9.53 Å². The highest BCUT2D eigenvalue weighted by Gasteiger charge is 2.16. The van der Waals surface area contributed by atoms with Crippen molar-refractivity contribution in [3.63, 3.8) is 0 Å². The van der Waals surface area contributed by atoms with Gasteiger partial charge in [0.15, 0.2) is 0 Å². The largest absolute Gasteiger partial charge is 0.368 e. The van der Waals surface area contributed by atoms with Crippen molar-refractivity contribution in [3.05, 3.63) is 0 Å². The van der Waals surface area contributed by atoms with Gasteiger partial charge in [-0.25, -0.2) is 0 Å². The van der Waals surface area contributed by atoms with E-state index in [4.69, 9.17) is 10.5 Å². The second-order valence-corrected chi connectivity index (χ2v) is 3.92. The number of rotatable bonds is 5. The maximum Gasteiger partial charge on any atom is 0.246 e. The van der Waals surface area contributed by atoms with E-state index in [1.165, 1.54) is 12.8 Å². The zero-order valence-corrected chi connectivity index (χ0v) is 10.0. The Balaban J connectivity index is 0.00000196. The van der Waals surface area contributed by atoms with Crippen LogP contribution >= 0.6 is 12.4 Å². The highest BCUT2D eigenvalue weighted by Crippen LogP contribution is 2.20. The van der Waals surface area contributed by atoms with Crippen molar-refractivity contribution in [2.45, 2.75) is 44.8 Å². The number of nitrogens with two attached hydrogens (primary N) is 1. The average Bonchev–Trinajstić information content (AvgIpc) is 2.67. The standard InChI is InChI=1S/C10H20N2O2.ClH/c1-8(6-11)12-10(13)7-14-9-4-2-3-5-9;/h8-9H,2-7,11H2,1H3,(H,12,13);1H/t8-;/m1./s1. The van der Waals surface area contributed by atoms with Gasteiger partial charge in [0, 0.05) is 12.6 Å². The van der Waals surface area contributed by atoms with Gasteiger partial charge in [-0.2, -0.15) is 0 Å². The lowest BCUT2D eigenvalue weighted by Gasteiger charge is -2.13. The van der Waals surface area contributed by atoms with Crippen LogP contribution in [0.1, 0.15) is 32.6 Å².